The van der Waals surface area contributed by atoms with Gasteiger partial charge in [-0.05, 0) is 18.2 Å². The highest BCUT2D eigenvalue weighted by molar-refractivity contribution is 6.32. The van der Waals surface area contributed by atoms with Gasteiger partial charge in [-0.15, -0.1) is 0 Å². The molecular weight excluding hydrogens is 358 g/mol. The number of halogens is 1. The SMILES string of the molecule is CNC(=O)CCNC(=O)c1ccc(=O)n(CCOc2ccccc2Cl)c1. The van der Waals surface area contributed by atoms with Gasteiger partial charge in [0.05, 0.1) is 17.1 Å². The van der Waals surface area contributed by atoms with Gasteiger partial charge in [0.25, 0.3) is 11.5 Å². The monoisotopic (exact) mass is 377 g/mol. The summed E-state index contributed by atoms with van der Waals surface area (Å²) in [5, 5.41) is 5.60. The summed E-state index contributed by atoms with van der Waals surface area (Å²) in [5.74, 6) is 0.0204. The van der Waals surface area contributed by atoms with Crippen molar-refractivity contribution in [2.45, 2.75) is 13.0 Å². The van der Waals surface area contributed by atoms with E-state index in [4.69, 9.17) is 16.3 Å². The van der Waals surface area contributed by atoms with Crippen molar-refractivity contribution in [1.82, 2.24) is 15.2 Å². The molecule has 1 aromatic carbocycles. The van der Waals surface area contributed by atoms with Crippen LogP contribution < -0.4 is 20.9 Å². The maximum absolute atomic E-state index is 12.1. The molecule has 0 aliphatic heterocycles. The molecule has 0 fully saturated rings. The molecule has 0 atom stereocenters. The number of benzene rings is 1. The summed E-state index contributed by atoms with van der Waals surface area (Å²) < 4.78 is 6.96. The first-order valence-electron chi connectivity index (χ1n) is 8.08. The summed E-state index contributed by atoms with van der Waals surface area (Å²) in [5.41, 5.74) is 0.0916. The normalized spacial score (nSPS) is 10.2. The fraction of sp³-hybridized carbons (Fsp3) is 0.278. The number of carbonyl (C=O) groups excluding carboxylic acids is 2. The first-order chi connectivity index (χ1) is 12.5. The first-order valence-corrected chi connectivity index (χ1v) is 8.45. The molecule has 0 aliphatic rings. The summed E-state index contributed by atoms with van der Waals surface area (Å²) in [6, 6.07) is 9.82. The smallest absolute Gasteiger partial charge is 0.252 e. The highest BCUT2D eigenvalue weighted by Gasteiger charge is 2.08. The first kappa shape index (κ1) is 19.5. The van der Waals surface area contributed by atoms with Gasteiger partial charge in [-0.3, -0.25) is 14.4 Å². The number of nitrogens with one attached hydrogen (secondary N) is 2. The zero-order chi connectivity index (χ0) is 18.9. The van der Waals surface area contributed by atoms with Gasteiger partial charge in [-0.1, -0.05) is 23.7 Å². The van der Waals surface area contributed by atoms with Gasteiger partial charge in [-0.2, -0.15) is 0 Å². The molecule has 0 unspecified atom stereocenters. The molecule has 0 saturated carbocycles. The fourth-order valence-electron chi connectivity index (χ4n) is 2.17. The van der Waals surface area contributed by atoms with Crippen molar-refractivity contribution in [1.29, 1.82) is 0 Å². The highest BCUT2D eigenvalue weighted by atomic mass is 35.5. The number of amides is 2. The van der Waals surface area contributed by atoms with E-state index in [-0.39, 0.29) is 43.5 Å². The van der Waals surface area contributed by atoms with Gasteiger partial charge >= 0.3 is 0 Å². The van der Waals surface area contributed by atoms with E-state index in [9.17, 15) is 14.4 Å². The molecule has 138 valence electrons. The van der Waals surface area contributed by atoms with E-state index < -0.39 is 0 Å². The second kappa shape index (κ2) is 9.62. The molecule has 0 radical (unpaired) electrons. The van der Waals surface area contributed by atoms with E-state index >= 15 is 0 Å². The third-order valence-electron chi connectivity index (χ3n) is 3.59. The second-order valence-corrected chi connectivity index (χ2v) is 5.81. The number of aromatic nitrogens is 1. The lowest BCUT2D eigenvalue weighted by Crippen LogP contribution is -2.30. The third kappa shape index (κ3) is 5.63. The predicted octanol–water partition coefficient (Wildman–Crippen LogP) is 1.45. The van der Waals surface area contributed by atoms with Crippen molar-refractivity contribution in [2.75, 3.05) is 20.2 Å². The number of pyridine rings is 1. The van der Waals surface area contributed by atoms with Crippen LogP contribution in [0.15, 0.2) is 47.4 Å². The zero-order valence-corrected chi connectivity index (χ0v) is 15.1. The Kier molecular flexibility index (Phi) is 7.23. The van der Waals surface area contributed by atoms with Crippen molar-refractivity contribution in [2.24, 2.45) is 0 Å². The number of carbonyl (C=O) groups is 2. The Balaban J connectivity index is 1.94. The summed E-state index contributed by atoms with van der Waals surface area (Å²) in [7, 11) is 1.53. The molecule has 0 spiro atoms. The van der Waals surface area contributed by atoms with Crippen LogP contribution in [0.25, 0.3) is 0 Å². The Hall–Kier alpha value is -2.80. The molecule has 0 aliphatic carbocycles. The molecule has 2 N–H and O–H groups in total. The minimum absolute atomic E-state index is 0.160. The predicted molar refractivity (Wildman–Crippen MR) is 98.7 cm³/mol. The Morgan fingerprint density at radius 3 is 2.69 bits per heavy atom. The Bertz CT molecular complexity index is 835. The molecule has 1 heterocycles. The Morgan fingerprint density at radius 2 is 1.96 bits per heavy atom. The van der Waals surface area contributed by atoms with Crippen LogP contribution >= 0.6 is 11.6 Å². The molecule has 26 heavy (non-hydrogen) atoms. The lowest BCUT2D eigenvalue weighted by molar-refractivity contribution is -0.120. The maximum Gasteiger partial charge on any atom is 0.252 e. The Morgan fingerprint density at radius 1 is 1.19 bits per heavy atom. The van der Waals surface area contributed by atoms with Crippen molar-refractivity contribution in [3.63, 3.8) is 0 Å². The maximum atomic E-state index is 12.1. The summed E-state index contributed by atoms with van der Waals surface area (Å²) in [6.45, 7) is 0.710. The van der Waals surface area contributed by atoms with E-state index in [1.807, 2.05) is 0 Å². The molecule has 1 aromatic heterocycles. The van der Waals surface area contributed by atoms with E-state index in [1.165, 1.54) is 29.9 Å². The summed E-state index contributed by atoms with van der Waals surface area (Å²) in [6.07, 6.45) is 1.65. The minimum atomic E-state index is -0.352. The van der Waals surface area contributed by atoms with Crippen molar-refractivity contribution >= 4 is 23.4 Å². The van der Waals surface area contributed by atoms with Crippen molar-refractivity contribution < 1.29 is 14.3 Å². The highest BCUT2D eigenvalue weighted by Crippen LogP contribution is 2.22. The van der Waals surface area contributed by atoms with Crippen LogP contribution in [0.2, 0.25) is 5.02 Å². The molecule has 2 aromatic rings. The fourth-order valence-corrected chi connectivity index (χ4v) is 2.36. The minimum Gasteiger partial charge on any atom is -0.490 e. The summed E-state index contributed by atoms with van der Waals surface area (Å²) in [4.78, 5) is 35.2. The number of hydrogen-bond acceptors (Lipinski definition) is 4. The number of rotatable bonds is 8. The molecule has 0 bridgehead atoms. The number of para-hydroxylation sites is 1. The van der Waals surface area contributed by atoms with Crippen molar-refractivity contribution in [3.05, 3.63) is 63.5 Å². The van der Waals surface area contributed by atoms with Crippen LogP contribution in [0.1, 0.15) is 16.8 Å². The van der Waals surface area contributed by atoms with Gasteiger partial charge in [-0.25, -0.2) is 0 Å². The van der Waals surface area contributed by atoms with Crippen LogP contribution in [0.3, 0.4) is 0 Å². The van der Waals surface area contributed by atoms with Crippen LogP contribution in [0.4, 0.5) is 0 Å². The largest absolute Gasteiger partial charge is 0.490 e. The average Bonchev–Trinajstić information content (AvgIpc) is 2.64. The van der Waals surface area contributed by atoms with Gasteiger partial charge in [0, 0.05) is 32.3 Å². The van der Waals surface area contributed by atoms with Gasteiger partial charge in [0.1, 0.15) is 12.4 Å². The number of hydrogen-bond donors (Lipinski definition) is 2. The molecule has 2 rings (SSSR count). The van der Waals surface area contributed by atoms with Gasteiger partial charge < -0.3 is 19.9 Å². The second-order valence-electron chi connectivity index (χ2n) is 5.41. The van der Waals surface area contributed by atoms with Crippen molar-refractivity contribution in [3.8, 4) is 5.75 Å². The zero-order valence-electron chi connectivity index (χ0n) is 14.3. The van der Waals surface area contributed by atoms with Gasteiger partial charge in [0.2, 0.25) is 5.91 Å². The van der Waals surface area contributed by atoms with E-state index in [0.717, 1.165) is 0 Å². The van der Waals surface area contributed by atoms with E-state index in [1.54, 1.807) is 24.3 Å². The van der Waals surface area contributed by atoms with Gasteiger partial charge in [0.15, 0.2) is 0 Å². The summed E-state index contributed by atoms with van der Waals surface area (Å²) >= 11 is 6.01. The molecular formula is C18H20ClN3O4. The number of ether oxygens (including phenoxy) is 1. The quantitative estimate of drug-likeness (QED) is 0.728. The average molecular weight is 378 g/mol. The van der Waals surface area contributed by atoms with Crippen LogP contribution in [0, 0.1) is 0 Å². The molecule has 7 nitrogen and oxygen atoms in total. The lowest BCUT2D eigenvalue weighted by Gasteiger charge is -2.11. The van der Waals surface area contributed by atoms with Crippen LogP contribution in [0.5, 0.6) is 5.75 Å². The van der Waals surface area contributed by atoms with E-state index in [2.05, 4.69) is 10.6 Å². The Labute approximate surface area is 155 Å². The topological polar surface area (TPSA) is 89.4 Å². The lowest BCUT2D eigenvalue weighted by atomic mass is 10.2. The molecule has 0 saturated heterocycles. The van der Waals surface area contributed by atoms with E-state index in [0.29, 0.717) is 16.3 Å². The van der Waals surface area contributed by atoms with Crippen LogP contribution in [-0.4, -0.2) is 36.6 Å². The molecule has 2 amide bonds. The molecule has 8 heteroatoms. The van der Waals surface area contributed by atoms with Crippen LogP contribution in [-0.2, 0) is 11.3 Å². The number of nitrogens with zero attached hydrogens (tertiary/aromatic N) is 1. The third-order valence-corrected chi connectivity index (χ3v) is 3.90. The standard InChI is InChI=1S/C18H20ClN3O4/c1-20-16(23)8-9-21-18(25)13-6-7-17(24)22(12-13)10-11-26-15-5-3-2-4-14(15)19/h2-7,12H,8-11H2,1H3,(H,20,23)(H,21,25).